The minimum atomic E-state index is -3.21. The van der Waals surface area contributed by atoms with E-state index in [2.05, 4.69) is 39.1 Å². The highest BCUT2D eigenvalue weighted by Gasteiger charge is 2.52. The van der Waals surface area contributed by atoms with Crippen LogP contribution in [0.4, 0.5) is 0 Å². The van der Waals surface area contributed by atoms with E-state index in [0.717, 1.165) is 33.5 Å². The van der Waals surface area contributed by atoms with Crippen molar-refractivity contribution in [2.75, 3.05) is 19.3 Å². The van der Waals surface area contributed by atoms with Crippen LogP contribution >= 0.6 is 15.9 Å². The Hall–Kier alpha value is -1.90. The lowest BCUT2D eigenvalue weighted by Gasteiger charge is -2.50. The predicted octanol–water partition coefficient (Wildman–Crippen LogP) is 3.74. The maximum atomic E-state index is 12.0. The molecule has 3 aliphatic rings. The van der Waals surface area contributed by atoms with Crippen molar-refractivity contribution in [2.45, 2.75) is 31.0 Å². The summed E-state index contributed by atoms with van der Waals surface area (Å²) in [5.74, 6) is 0.867. The lowest BCUT2D eigenvalue weighted by molar-refractivity contribution is -0.143. The Morgan fingerprint density at radius 1 is 1.14 bits per heavy atom. The van der Waals surface area contributed by atoms with Crippen molar-refractivity contribution in [3.63, 3.8) is 0 Å². The van der Waals surface area contributed by atoms with E-state index in [1.165, 1.54) is 10.6 Å². The number of piperidine rings is 1. The SMILES string of the molecule is CS(=O)(=O)N1CCC2(CC1)Oc1ccc(Br)cc1[C@@H]1CC(c3ccccc3)=NN12. The highest BCUT2D eigenvalue weighted by atomic mass is 79.9. The average Bonchev–Trinajstić information content (AvgIpc) is 3.16. The Kier molecular flexibility index (Phi) is 4.49. The summed E-state index contributed by atoms with van der Waals surface area (Å²) in [4.78, 5) is 0. The molecule has 3 aliphatic heterocycles. The number of sulfonamides is 1. The number of nitrogens with zero attached hydrogens (tertiary/aromatic N) is 3. The normalized spacial score (nSPS) is 23.3. The van der Waals surface area contributed by atoms with Crippen molar-refractivity contribution in [3.05, 3.63) is 64.1 Å². The first-order valence-electron chi connectivity index (χ1n) is 9.72. The smallest absolute Gasteiger partial charge is 0.211 e. The van der Waals surface area contributed by atoms with Gasteiger partial charge in [0, 0.05) is 42.4 Å². The topological polar surface area (TPSA) is 62.2 Å². The Morgan fingerprint density at radius 3 is 2.55 bits per heavy atom. The van der Waals surface area contributed by atoms with Crippen molar-refractivity contribution < 1.29 is 13.2 Å². The first-order chi connectivity index (χ1) is 13.9. The van der Waals surface area contributed by atoms with Crippen molar-refractivity contribution in [1.29, 1.82) is 0 Å². The molecule has 2 aromatic carbocycles. The Balaban J connectivity index is 1.55. The highest BCUT2D eigenvalue weighted by molar-refractivity contribution is 9.10. The molecular weight excluding hydrogens is 454 g/mol. The Labute approximate surface area is 179 Å². The molecule has 8 heteroatoms. The van der Waals surface area contributed by atoms with Gasteiger partial charge in [0.05, 0.1) is 18.0 Å². The molecule has 0 amide bonds. The minimum absolute atomic E-state index is 0.0799. The van der Waals surface area contributed by atoms with Gasteiger partial charge in [-0.25, -0.2) is 17.7 Å². The Bertz CT molecular complexity index is 1080. The van der Waals surface area contributed by atoms with E-state index in [0.29, 0.717) is 25.9 Å². The van der Waals surface area contributed by atoms with Gasteiger partial charge in [0.15, 0.2) is 0 Å². The van der Waals surface area contributed by atoms with E-state index in [4.69, 9.17) is 9.84 Å². The van der Waals surface area contributed by atoms with Gasteiger partial charge in [-0.1, -0.05) is 46.3 Å². The molecule has 1 fully saturated rings. The monoisotopic (exact) mass is 475 g/mol. The molecule has 152 valence electrons. The molecule has 5 rings (SSSR count). The van der Waals surface area contributed by atoms with E-state index >= 15 is 0 Å². The van der Waals surface area contributed by atoms with Crippen LogP contribution in [-0.2, 0) is 10.0 Å². The lowest BCUT2D eigenvalue weighted by atomic mass is 9.91. The van der Waals surface area contributed by atoms with Crippen molar-refractivity contribution in [1.82, 2.24) is 9.31 Å². The number of hydrogen-bond acceptors (Lipinski definition) is 5. The summed E-state index contributed by atoms with van der Waals surface area (Å²) in [5, 5.41) is 7.12. The zero-order chi connectivity index (χ0) is 20.2. The van der Waals surface area contributed by atoms with Crippen LogP contribution in [0.2, 0.25) is 0 Å². The molecule has 29 heavy (non-hydrogen) atoms. The van der Waals surface area contributed by atoms with E-state index in [-0.39, 0.29) is 6.04 Å². The van der Waals surface area contributed by atoms with E-state index in [1.54, 1.807) is 0 Å². The van der Waals surface area contributed by atoms with E-state index in [1.807, 2.05) is 30.3 Å². The minimum Gasteiger partial charge on any atom is -0.466 e. The zero-order valence-corrected chi connectivity index (χ0v) is 18.5. The quantitative estimate of drug-likeness (QED) is 0.663. The highest BCUT2D eigenvalue weighted by Crippen LogP contribution is 2.50. The molecule has 0 aromatic heterocycles. The van der Waals surface area contributed by atoms with Gasteiger partial charge < -0.3 is 4.74 Å². The first kappa shape index (κ1) is 19.1. The van der Waals surface area contributed by atoms with Gasteiger partial charge >= 0.3 is 0 Å². The average molecular weight is 476 g/mol. The molecule has 0 aliphatic carbocycles. The number of benzene rings is 2. The van der Waals surface area contributed by atoms with Crippen LogP contribution in [0.15, 0.2) is 58.1 Å². The third-order valence-electron chi connectivity index (χ3n) is 6.04. The van der Waals surface area contributed by atoms with Crippen molar-refractivity contribution in [3.8, 4) is 5.75 Å². The number of hydrogen-bond donors (Lipinski definition) is 0. The van der Waals surface area contributed by atoms with Gasteiger partial charge in [0.25, 0.3) is 0 Å². The summed E-state index contributed by atoms with van der Waals surface area (Å²) in [5.41, 5.74) is 2.65. The molecule has 1 saturated heterocycles. The molecule has 0 unspecified atom stereocenters. The van der Waals surface area contributed by atoms with Crippen LogP contribution in [0, 0.1) is 0 Å². The first-order valence-corrected chi connectivity index (χ1v) is 12.4. The molecule has 0 bridgehead atoms. The second-order valence-corrected chi connectivity index (χ2v) is 10.8. The van der Waals surface area contributed by atoms with Crippen LogP contribution in [0.5, 0.6) is 5.75 Å². The van der Waals surface area contributed by atoms with Crippen molar-refractivity contribution >= 4 is 31.7 Å². The lowest BCUT2D eigenvalue weighted by Crippen LogP contribution is -2.59. The fourth-order valence-electron chi connectivity index (χ4n) is 4.56. The van der Waals surface area contributed by atoms with E-state index in [9.17, 15) is 8.42 Å². The summed E-state index contributed by atoms with van der Waals surface area (Å²) in [6.45, 7) is 0.869. The van der Waals surface area contributed by atoms with Crippen LogP contribution in [0.1, 0.15) is 36.4 Å². The predicted molar refractivity (Wildman–Crippen MR) is 115 cm³/mol. The maximum absolute atomic E-state index is 12.0. The summed E-state index contributed by atoms with van der Waals surface area (Å²) in [7, 11) is -3.21. The molecule has 0 radical (unpaired) electrons. The fraction of sp³-hybridized carbons (Fsp3) is 0.381. The molecule has 0 saturated carbocycles. The van der Waals surface area contributed by atoms with Crippen LogP contribution in [0.25, 0.3) is 0 Å². The van der Waals surface area contributed by atoms with Crippen LogP contribution in [0.3, 0.4) is 0 Å². The Morgan fingerprint density at radius 2 is 1.86 bits per heavy atom. The number of rotatable bonds is 2. The summed E-state index contributed by atoms with van der Waals surface area (Å²) in [6, 6.07) is 16.4. The number of halogens is 1. The summed E-state index contributed by atoms with van der Waals surface area (Å²) >= 11 is 3.58. The second kappa shape index (κ2) is 6.82. The van der Waals surface area contributed by atoms with Gasteiger partial charge in [-0.15, -0.1) is 0 Å². The van der Waals surface area contributed by atoms with E-state index < -0.39 is 15.7 Å². The van der Waals surface area contributed by atoms with Crippen molar-refractivity contribution in [2.24, 2.45) is 5.10 Å². The number of ether oxygens (including phenoxy) is 1. The van der Waals surface area contributed by atoms with Crippen LogP contribution in [-0.4, -0.2) is 48.5 Å². The fourth-order valence-corrected chi connectivity index (χ4v) is 5.78. The molecule has 1 atom stereocenters. The van der Waals surface area contributed by atoms with Gasteiger partial charge in [0.2, 0.25) is 15.7 Å². The molecule has 0 N–H and O–H groups in total. The molecule has 2 aromatic rings. The van der Waals surface area contributed by atoms with Gasteiger partial charge in [-0.3, -0.25) is 0 Å². The molecule has 1 spiro atoms. The summed E-state index contributed by atoms with van der Waals surface area (Å²) in [6.07, 6.45) is 3.23. The third kappa shape index (κ3) is 3.27. The molecular formula is C21H22BrN3O3S. The van der Waals surface area contributed by atoms with Crippen LogP contribution < -0.4 is 4.74 Å². The van der Waals surface area contributed by atoms with Gasteiger partial charge in [-0.05, 0) is 23.8 Å². The second-order valence-electron chi connectivity index (χ2n) is 7.87. The standard InChI is InChI=1S/C21H22BrN3O3S/c1-29(26,27)24-11-9-21(10-12-24)25-19(17-13-16(22)7-8-20(17)28-21)14-18(23-25)15-5-3-2-4-6-15/h2-8,13,19H,9-12,14H2,1H3/t19-/m0/s1. The third-order valence-corrected chi connectivity index (χ3v) is 7.83. The van der Waals surface area contributed by atoms with Gasteiger partial charge in [-0.2, -0.15) is 5.10 Å². The maximum Gasteiger partial charge on any atom is 0.211 e. The number of hydrazone groups is 1. The van der Waals surface area contributed by atoms with Gasteiger partial charge in [0.1, 0.15) is 5.75 Å². The molecule has 6 nitrogen and oxygen atoms in total. The molecule has 3 heterocycles. The summed E-state index contributed by atoms with van der Waals surface area (Å²) < 4.78 is 33.1. The number of fused-ring (bicyclic) bond motifs is 4. The largest absolute Gasteiger partial charge is 0.466 e. The zero-order valence-electron chi connectivity index (χ0n) is 16.1.